The summed E-state index contributed by atoms with van der Waals surface area (Å²) < 4.78 is 37.3. The number of benzene rings is 3. The molecule has 0 aliphatic carbocycles. The van der Waals surface area contributed by atoms with Crippen LogP contribution < -0.4 is 19.7 Å². The number of aromatic hydroxyl groups is 1. The molecular weight excluding hydrogens is 688 g/mol. The summed E-state index contributed by atoms with van der Waals surface area (Å²) >= 11 is 13.1. The molecule has 10 nitrogen and oxygen atoms in total. The van der Waals surface area contributed by atoms with Crippen LogP contribution in [0.4, 0.5) is 14.9 Å². The van der Waals surface area contributed by atoms with E-state index < -0.39 is 24.0 Å². The third-order valence-corrected chi connectivity index (χ3v) is 10.1. The van der Waals surface area contributed by atoms with Crippen molar-refractivity contribution in [1.29, 1.82) is 0 Å². The standard InChI is InChI=1S/C37H38Cl2FN3O7/c1-47-32-8-7-25(13-34(32)48-2)33(17-29-30(38)18-41-19-31(29)39)49-36(45)24-5-3-22(4-6-24)20-43(27-14-26(40)15-28(44)16-27)37(46)50-35-21-42-11-9-23(35)10-12-42/h3-8,13-16,18,23,33,35,41,44H,9-12,17,19-21H2,1-2H3/p+1/t33-,35-/m0/s1. The second-order valence-corrected chi connectivity index (χ2v) is 13.4. The number of phenols is 1. The number of allylic oxidation sites excluding steroid dienone is 1. The number of hydrogen-bond acceptors (Lipinski definition) is 8. The predicted molar refractivity (Wildman–Crippen MR) is 186 cm³/mol. The molecule has 0 unspecified atom stereocenters. The summed E-state index contributed by atoms with van der Waals surface area (Å²) in [6, 6.07) is 15.3. The fourth-order valence-corrected chi connectivity index (χ4v) is 7.23. The third-order valence-electron chi connectivity index (χ3n) is 9.37. The first-order valence-electron chi connectivity index (χ1n) is 16.4. The van der Waals surface area contributed by atoms with Crippen LogP contribution in [0, 0.1) is 11.7 Å². The highest BCUT2D eigenvalue weighted by Gasteiger charge is 2.37. The first-order valence-corrected chi connectivity index (χ1v) is 17.2. The first kappa shape index (κ1) is 35.5. The highest BCUT2D eigenvalue weighted by Crippen LogP contribution is 2.38. The lowest BCUT2D eigenvalue weighted by Crippen LogP contribution is -2.79. The van der Waals surface area contributed by atoms with Gasteiger partial charge in [0.05, 0.1) is 42.1 Å². The summed E-state index contributed by atoms with van der Waals surface area (Å²) in [7, 11) is 3.06. The Hall–Kier alpha value is -4.29. The van der Waals surface area contributed by atoms with Gasteiger partial charge in [0.2, 0.25) is 0 Å². The van der Waals surface area contributed by atoms with Crippen LogP contribution in [0.1, 0.15) is 46.9 Å². The second-order valence-electron chi connectivity index (χ2n) is 12.6. The van der Waals surface area contributed by atoms with Crippen molar-refractivity contribution < 1.29 is 43.4 Å². The molecule has 2 atom stereocenters. The van der Waals surface area contributed by atoms with Crippen molar-refractivity contribution in [1.82, 2.24) is 4.90 Å². The number of methoxy groups -OCH3 is 2. The number of carbonyl (C=O) groups excluding carboxylic acids is 2. The maximum atomic E-state index is 14.4. The third kappa shape index (κ3) is 8.18. The van der Waals surface area contributed by atoms with Gasteiger partial charge in [-0.15, -0.1) is 0 Å². The van der Waals surface area contributed by atoms with Crippen molar-refractivity contribution >= 4 is 41.0 Å². The molecule has 0 spiro atoms. The highest BCUT2D eigenvalue weighted by atomic mass is 35.5. The van der Waals surface area contributed by atoms with E-state index >= 15 is 0 Å². The topological polar surface area (TPSA) is 114 Å². The maximum absolute atomic E-state index is 14.4. The van der Waals surface area contributed by atoms with Crippen molar-refractivity contribution in [2.24, 2.45) is 5.92 Å². The van der Waals surface area contributed by atoms with E-state index in [0.29, 0.717) is 51.4 Å². The zero-order valence-corrected chi connectivity index (χ0v) is 29.3. The molecule has 2 bridgehead atoms. The number of fused-ring (bicyclic) bond motifs is 3. The SMILES string of the molecule is COc1ccc([C@H](CC2=C(Cl)C[NH2+]C=C2Cl)OC(=O)c2ccc(CN(C(=O)O[C@H]3CN4CCC3CC4)c3cc(O)cc(F)c3)cc2)cc1OC. The molecule has 0 saturated carbocycles. The van der Waals surface area contributed by atoms with Gasteiger partial charge < -0.3 is 29.4 Å². The number of esters is 1. The fraction of sp³-hybridized carbons (Fsp3) is 0.351. The zero-order valence-electron chi connectivity index (χ0n) is 27.7. The Labute approximate surface area is 299 Å². The minimum Gasteiger partial charge on any atom is -0.508 e. The van der Waals surface area contributed by atoms with Crippen LogP contribution >= 0.6 is 23.2 Å². The van der Waals surface area contributed by atoms with Gasteiger partial charge in [0.25, 0.3) is 0 Å². The van der Waals surface area contributed by atoms with Gasteiger partial charge in [-0.2, -0.15) is 0 Å². The molecule has 3 aromatic carbocycles. The van der Waals surface area contributed by atoms with Crippen molar-refractivity contribution in [2.75, 3.05) is 45.3 Å². The molecule has 50 heavy (non-hydrogen) atoms. The minimum absolute atomic E-state index is 0.000921. The number of rotatable bonds is 11. The molecular formula is C37H39Cl2FN3O7+. The number of ether oxygens (including phenoxy) is 4. The van der Waals surface area contributed by atoms with Crippen LogP contribution in [0.3, 0.4) is 0 Å². The molecule has 0 aromatic heterocycles. The van der Waals surface area contributed by atoms with Crippen LogP contribution in [0.2, 0.25) is 0 Å². The van der Waals surface area contributed by atoms with Crippen LogP contribution in [0.15, 0.2) is 82.5 Å². The summed E-state index contributed by atoms with van der Waals surface area (Å²) in [6.07, 6.45) is 2.22. The summed E-state index contributed by atoms with van der Waals surface area (Å²) in [5, 5.41) is 13.0. The molecule has 4 heterocycles. The number of halogens is 3. The molecule has 3 fully saturated rings. The number of carbonyl (C=O) groups is 2. The average Bonchev–Trinajstić information content (AvgIpc) is 3.11. The molecule has 1 amide bonds. The molecule has 0 radical (unpaired) electrons. The minimum atomic E-state index is -0.775. The monoisotopic (exact) mass is 726 g/mol. The Morgan fingerprint density at radius 3 is 2.40 bits per heavy atom. The average molecular weight is 728 g/mol. The van der Waals surface area contributed by atoms with Gasteiger partial charge in [-0.1, -0.05) is 41.4 Å². The van der Waals surface area contributed by atoms with E-state index in [-0.39, 0.29) is 42.0 Å². The van der Waals surface area contributed by atoms with Crippen molar-refractivity contribution in [3.05, 3.63) is 105 Å². The van der Waals surface area contributed by atoms with E-state index in [1.54, 1.807) is 48.7 Å². The Morgan fingerprint density at radius 2 is 1.76 bits per heavy atom. The lowest BCUT2D eigenvalue weighted by molar-refractivity contribution is -0.580. The molecule has 3 aromatic rings. The second kappa shape index (κ2) is 15.7. The Kier molecular flexibility index (Phi) is 11.2. The number of quaternary nitrogens is 1. The van der Waals surface area contributed by atoms with Crippen LogP contribution in [0.5, 0.6) is 17.2 Å². The lowest BCUT2D eigenvalue weighted by atomic mass is 9.86. The molecule has 13 heteroatoms. The lowest BCUT2D eigenvalue weighted by Gasteiger charge is -2.44. The number of anilines is 1. The molecule has 4 aliphatic heterocycles. The van der Waals surface area contributed by atoms with Crippen LogP contribution in [0.25, 0.3) is 0 Å². The fourth-order valence-electron chi connectivity index (χ4n) is 6.63. The smallest absolute Gasteiger partial charge is 0.414 e. The van der Waals surface area contributed by atoms with E-state index in [1.165, 1.54) is 31.3 Å². The molecule has 7 rings (SSSR count). The van der Waals surface area contributed by atoms with Crippen LogP contribution in [-0.4, -0.2) is 68.6 Å². The largest absolute Gasteiger partial charge is 0.508 e. The van der Waals surface area contributed by atoms with Gasteiger partial charge in [-0.3, -0.25) is 9.80 Å². The maximum Gasteiger partial charge on any atom is 0.414 e. The summed E-state index contributed by atoms with van der Waals surface area (Å²) in [5.74, 6) is -0.336. The van der Waals surface area contributed by atoms with E-state index in [0.717, 1.165) is 32.0 Å². The molecule has 3 saturated heterocycles. The van der Waals surface area contributed by atoms with E-state index in [4.69, 9.17) is 42.1 Å². The number of hydrogen-bond donors (Lipinski definition) is 2. The summed E-state index contributed by atoms with van der Waals surface area (Å²) in [5.41, 5.74) is 2.38. The number of piperidine rings is 3. The number of phenolic OH excluding ortho intramolecular Hbond substituents is 1. The number of amides is 1. The Bertz CT molecular complexity index is 1770. The zero-order chi connectivity index (χ0) is 35.4. The van der Waals surface area contributed by atoms with E-state index in [1.807, 2.05) is 5.32 Å². The van der Waals surface area contributed by atoms with Crippen LogP contribution in [-0.2, 0) is 16.0 Å². The molecule has 3 N–H and O–H groups in total. The van der Waals surface area contributed by atoms with E-state index in [2.05, 4.69) is 4.90 Å². The number of nitrogens with two attached hydrogens (primary N) is 1. The first-order chi connectivity index (χ1) is 24.1. The summed E-state index contributed by atoms with van der Waals surface area (Å²) in [4.78, 5) is 30.8. The van der Waals surface area contributed by atoms with Gasteiger partial charge in [-0.05, 0) is 73.3 Å². The van der Waals surface area contributed by atoms with Crippen molar-refractivity contribution in [2.45, 2.75) is 38.0 Å². The van der Waals surface area contributed by atoms with Gasteiger partial charge in [-0.25, -0.2) is 14.0 Å². The van der Waals surface area contributed by atoms with Gasteiger partial charge in [0.1, 0.15) is 36.5 Å². The Balaban J connectivity index is 1.21. The Morgan fingerprint density at radius 1 is 1.02 bits per heavy atom. The van der Waals surface area contributed by atoms with Crippen molar-refractivity contribution in [3.8, 4) is 17.2 Å². The van der Waals surface area contributed by atoms with Gasteiger partial charge in [0, 0.05) is 30.7 Å². The normalized spacial score (nSPS) is 20.5. The summed E-state index contributed by atoms with van der Waals surface area (Å²) in [6.45, 7) is 3.14. The van der Waals surface area contributed by atoms with Crippen molar-refractivity contribution in [3.63, 3.8) is 0 Å². The molecule has 4 aliphatic rings. The van der Waals surface area contributed by atoms with Gasteiger partial charge in [0.15, 0.2) is 11.5 Å². The number of nitrogens with zero attached hydrogens (tertiary/aromatic N) is 2. The quantitative estimate of drug-likeness (QED) is 0.224. The molecule has 264 valence electrons. The van der Waals surface area contributed by atoms with E-state index in [9.17, 15) is 19.1 Å². The highest BCUT2D eigenvalue weighted by molar-refractivity contribution is 6.35. The van der Waals surface area contributed by atoms with Gasteiger partial charge >= 0.3 is 12.1 Å². The predicted octanol–water partition coefficient (Wildman–Crippen LogP) is 6.22.